The summed E-state index contributed by atoms with van der Waals surface area (Å²) in [7, 11) is 2.99. The lowest BCUT2D eigenvalue weighted by molar-refractivity contribution is -0.140. The molecule has 1 aromatic carbocycles. The van der Waals surface area contributed by atoms with E-state index in [4.69, 9.17) is 10.2 Å². The number of hydrogen-bond acceptors (Lipinski definition) is 5. The SMILES string of the molecule is COC(=O)CCC(N)c1ccc2oc(=O)n(C)c2c1. The average molecular weight is 264 g/mol. The third-order valence-electron chi connectivity index (χ3n) is 3.13. The van der Waals surface area contributed by atoms with E-state index in [2.05, 4.69) is 4.74 Å². The van der Waals surface area contributed by atoms with Gasteiger partial charge in [0.15, 0.2) is 5.58 Å². The van der Waals surface area contributed by atoms with Crippen molar-refractivity contribution in [1.29, 1.82) is 0 Å². The molecule has 2 N–H and O–H groups in total. The van der Waals surface area contributed by atoms with Crippen molar-refractivity contribution in [2.75, 3.05) is 7.11 Å². The van der Waals surface area contributed by atoms with E-state index in [0.29, 0.717) is 17.5 Å². The van der Waals surface area contributed by atoms with Gasteiger partial charge in [-0.05, 0) is 24.1 Å². The molecule has 6 nitrogen and oxygen atoms in total. The number of fused-ring (bicyclic) bond motifs is 1. The van der Waals surface area contributed by atoms with Crippen LogP contribution in [0.15, 0.2) is 27.4 Å². The molecule has 0 radical (unpaired) electrons. The largest absolute Gasteiger partial charge is 0.469 e. The van der Waals surface area contributed by atoms with Crippen molar-refractivity contribution < 1.29 is 13.9 Å². The van der Waals surface area contributed by atoms with Crippen molar-refractivity contribution in [3.63, 3.8) is 0 Å². The van der Waals surface area contributed by atoms with Gasteiger partial charge in [-0.15, -0.1) is 0 Å². The molecule has 0 aliphatic rings. The van der Waals surface area contributed by atoms with Crippen LogP contribution < -0.4 is 11.5 Å². The van der Waals surface area contributed by atoms with Gasteiger partial charge >= 0.3 is 11.7 Å². The van der Waals surface area contributed by atoms with Crippen LogP contribution in [-0.2, 0) is 16.6 Å². The van der Waals surface area contributed by atoms with E-state index in [9.17, 15) is 9.59 Å². The van der Waals surface area contributed by atoms with Crippen LogP contribution in [0.1, 0.15) is 24.4 Å². The maximum Gasteiger partial charge on any atom is 0.419 e. The zero-order chi connectivity index (χ0) is 14.0. The number of rotatable bonds is 4. The predicted octanol–water partition coefficient (Wildman–Crippen LogP) is 1.08. The number of benzene rings is 1. The lowest BCUT2D eigenvalue weighted by atomic mass is 10.0. The van der Waals surface area contributed by atoms with Crippen LogP contribution in [0.25, 0.3) is 11.1 Å². The van der Waals surface area contributed by atoms with E-state index in [0.717, 1.165) is 5.56 Å². The van der Waals surface area contributed by atoms with Gasteiger partial charge in [-0.3, -0.25) is 9.36 Å². The summed E-state index contributed by atoms with van der Waals surface area (Å²) in [6.07, 6.45) is 0.754. The maximum absolute atomic E-state index is 11.4. The van der Waals surface area contributed by atoms with Gasteiger partial charge in [-0.1, -0.05) is 6.07 Å². The van der Waals surface area contributed by atoms with Gasteiger partial charge in [-0.25, -0.2) is 4.79 Å². The first kappa shape index (κ1) is 13.4. The number of oxazole rings is 1. The van der Waals surface area contributed by atoms with Crippen molar-refractivity contribution in [3.8, 4) is 0 Å². The lowest BCUT2D eigenvalue weighted by Gasteiger charge is -2.11. The van der Waals surface area contributed by atoms with Gasteiger partial charge in [0.05, 0.1) is 12.6 Å². The summed E-state index contributed by atoms with van der Waals surface area (Å²) in [4.78, 5) is 22.5. The second-order valence-corrected chi connectivity index (χ2v) is 4.38. The molecule has 102 valence electrons. The molecule has 0 saturated carbocycles. The van der Waals surface area contributed by atoms with Crippen molar-refractivity contribution >= 4 is 17.1 Å². The summed E-state index contributed by atoms with van der Waals surface area (Å²) in [6, 6.07) is 5.04. The molecule has 0 fully saturated rings. The van der Waals surface area contributed by atoms with Crippen LogP contribution >= 0.6 is 0 Å². The molecule has 1 aromatic heterocycles. The fraction of sp³-hybridized carbons (Fsp3) is 0.385. The van der Waals surface area contributed by atoms with E-state index in [1.54, 1.807) is 19.2 Å². The standard InChI is InChI=1S/C13H16N2O4/c1-15-10-7-8(3-5-11(10)19-13(15)17)9(14)4-6-12(16)18-2/h3,5,7,9H,4,6,14H2,1-2H3. The van der Waals surface area contributed by atoms with Crippen LogP contribution in [0, 0.1) is 0 Å². The summed E-state index contributed by atoms with van der Waals surface area (Å²) in [6.45, 7) is 0. The number of nitrogens with two attached hydrogens (primary N) is 1. The van der Waals surface area contributed by atoms with Crippen LogP contribution in [0.5, 0.6) is 0 Å². The number of aromatic nitrogens is 1. The molecule has 2 rings (SSSR count). The Morgan fingerprint density at radius 1 is 1.53 bits per heavy atom. The molecule has 1 unspecified atom stereocenters. The van der Waals surface area contributed by atoms with E-state index in [1.165, 1.54) is 11.7 Å². The van der Waals surface area contributed by atoms with Gasteiger partial charge in [0.2, 0.25) is 0 Å². The number of carbonyl (C=O) groups is 1. The van der Waals surface area contributed by atoms with Crippen molar-refractivity contribution in [2.45, 2.75) is 18.9 Å². The second-order valence-electron chi connectivity index (χ2n) is 4.38. The maximum atomic E-state index is 11.4. The Morgan fingerprint density at radius 2 is 2.26 bits per heavy atom. The minimum Gasteiger partial charge on any atom is -0.469 e. The molecule has 6 heteroatoms. The predicted molar refractivity (Wildman–Crippen MR) is 69.6 cm³/mol. The minimum atomic E-state index is -0.407. The summed E-state index contributed by atoms with van der Waals surface area (Å²) >= 11 is 0. The fourth-order valence-corrected chi connectivity index (χ4v) is 1.92. The second kappa shape index (κ2) is 5.27. The minimum absolute atomic E-state index is 0.264. The highest BCUT2D eigenvalue weighted by atomic mass is 16.5. The highest BCUT2D eigenvalue weighted by molar-refractivity contribution is 5.74. The highest BCUT2D eigenvalue weighted by Crippen LogP contribution is 2.21. The third-order valence-corrected chi connectivity index (χ3v) is 3.13. The molecule has 0 aliphatic heterocycles. The number of hydrogen-bond donors (Lipinski definition) is 1. The molecule has 0 aliphatic carbocycles. The number of ether oxygens (including phenoxy) is 1. The molecular formula is C13H16N2O4. The first-order valence-electron chi connectivity index (χ1n) is 5.95. The van der Waals surface area contributed by atoms with E-state index in [-0.39, 0.29) is 18.4 Å². The Balaban J connectivity index is 2.22. The number of methoxy groups -OCH3 is 1. The topological polar surface area (TPSA) is 87.5 Å². The molecule has 2 aromatic rings. The first-order valence-corrected chi connectivity index (χ1v) is 5.95. The molecule has 0 saturated heterocycles. The number of carbonyl (C=O) groups excluding carboxylic acids is 1. The smallest absolute Gasteiger partial charge is 0.419 e. The van der Waals surface area contributed by atoms with E-state index >= 15 is 0 Å². The third kappa shape index (κ3) is 2.68. The van der Waals surface area contributed by atoms with Crippen molar-refractivity contribution in [2.24, 2.45) is 12.8 Å². The Hall–Kier alpha value is -2.08. The van der Waals surface area contributed by atoms with Crippen LogP contribution in [0.2, 0.25) is 0 Å². The zero-order valence-electron chi connectivity index (χ0n) is 10.9. The first-order chi connectivity index (χ1) is 9.02. The molecule has 0 amide bonds. The Bertz CT molecular complexity index is 656. The van der Waals surface area contributed by atoms with Crippen LogP contribution in [0.4, 0.5) is 0 Å². The van der Waals surface area contributed by atoms with Crippen LogP contribution in [-0.4, -0.2) is 17.6 Å². The summed E-state index contributed by atoms with van der Waals surface area (Å²) in [5, 5.41) is 0. The molecule has 0 bridgehead atoms. The van der Waals surface area contributed by atoms with Gasteiger partial charge in [0.25, 0.3) is 0 Å². The highest BCUT2D eigenvalue weighted by Gasteiger charge is 2.12. The number of esters is 1. The van der Waals surface area contributed by atoms with Gasteiger partial charge in [0, 0.05) is 19.5 Å². The van der Waals surface area contributed by atoms with Gasteiger partial charge < -0.3 is 14.9 Å². The summed E-state index contributed by atoms with van der Waals surface area (Å²) in [5.41, 5.74) is 8.09. The van der Waals surface area contributed by atoms with Crippen molar-refractivity contribution in [1.82, 2.24) is 4.57 Å². The molecular weight excluding hydrogens is 248 g/mol. The Kier molecular flexibility index (Phi) is 3.71. The monoisotopic (exact) mass is 264 g/mol. The van der Waals surface area contributed by atoms with Crippen LogP contribution in [0.3, 0.4) is 0 Å². The molecule has 1 heterocycles. The summed E-state index contributed by atoms with van der Waals surface area (Å²) < 4.78 is 11.0. The van der Waals surface area contributed by atoms with Gasteiger partial charge in [-0.2, -0.15) is 0 Å². The Labute approximate surface area is 109 Å². The van der Waals surface area contributed by atoms with Gasteiger partial charge in [0.1, 0.15) is 0 Å². The van der Waals surface area contributed by atoms with E-state index < -0.39 is 5.76 Å². The van der Waals surface area contributed by atoms with Crippen molar-refractivity contribution in [3.05, 3.63) is 34.3 Å². The quantitative estimate of drug-likeness (QED) is 0.835. The summed E-state index contributed by atoms with van der Waals surface area (Å²) in [5.74, 6) is -0.692. The average Bonchev–Trinajstić information content (AvgIpc) is 2.70. The number of aryl methyl sites for hydroxylation is 1. The number of nitrogens with zero attached hydrogens (tertiary/aromatic N) is 1. The zero-order valence-corrected chi connectivity index (χ0v) is 10.9. The Morgan fingerprint density at radius 3 is 2.95 bits per heavy atom. The molecule has 1 atom stereocenters. The molecule has 19 heavy (non-hydrogen) atoms. The van der Waals surface area contributed by atoms with E-state index in [1.807, 2.05) is 6.07 Å². The fourth-order valence-electron chi connectivity index (χ4n) is 1.92. The lowest BCUT2D eigenvalue weighted by Crippen LogP contribution is -2.13. The normalized spacial score (nSPS) is 12.6. The molecule has 0 spiro atoms.